The molecule has 3 N–H and O–H groups in total. The molecule has 0 saturated heterocycles. The first-order valence-electron chi connectivity index (χ1n) is 6.64. The van der Waals surface area contributed by atoms with Crippen LogP contribution in [0.25, 0.3) is 10.8 Å². The molecule has 0 aliphatic heterocycles. The summed E-state index contributed by atoms with van der Waals surface area (Å²) < 4.78 is 0. The summed E-state index contributed by atoms with van der Waals surface area (Å²) >= 11 is 0. The number of aliphatic hydroxyl groups excluding tert-OH is 1. The number of aromatic hydroxyl groups is 1. The summed E-state index contributed by atoms with van der Waals surface area (Å²) in [6.45, 7) is 3.53. The van der Waals surface area contributed by atoms with Gasteiger partial charge in [-0.15, -0.1) is 0 Å². The molecular weight excluding hydrogens is 268 g/mol. The van der Waals surface area contributed by atoms with E-state index in [2.05, 4.69) is 0 Å². The van der Waals surface area contributed by atoms with Crippen LogP contribution in [-0.2, 0) is 4.79 Å². The lowest BCUT2D eigenvalue weighted by Crippen LogP contribution is -2.20. The molecule has 1 atom stereocenters. The number of aliphatic carboxylic acids is 1. The van der Waals surface area contributed by atoms with Gasteiger partial charge in [0, 0.05) is 16.9 Å². The molecule has 0 aliphatic carbocycles. The number of carboxylic acids is 1. The van der Waals surface area contributed by atoms with Gasteiger partial charge in [-0.1, -0.05) is 50.3 Å². The maximum atomic E-state index is 10.7. The summed E-state index contributed by atoms with van der Waals surface area (Å²) in [6.07, 6.45) is 1.62. The molecule has 0 spiro atoms. The van der Waals surface area contributed by atoms with Crippen molar-refractivity contribution in [2.75, 3.05) is 0 Å². The van der Waals surface area contributed by atoms with Crippen molar-refractivity contribution >= 4 is 16.7 Å². The Bertz CT molecular complexity index is 701. The van der Waals surface area contributed by atoms with Crippen LogP contribution in [0.5, 0.6) is 5.75 Å². The minimum atomic E-state index is -1.05. The number of carbonyl (C=O) groups is 1. The second-order valence-electron chi connectivity index (χ2n) is 5.61. The van der Waals surface area contributed by atoms with Gasteiger partial charge in [-0.3, -0.25) is 0 Å². The minimum absolute atomic E-state index is 0.153. The summed E-state index contributed by atoms with van der Waals surface area (Å²) in [4.78, 5) is 10.7. The third kappa shape index (κ3) is 3.06. The zero-order chi connectivity index (χ0) is 15.6. The number of fused-ring (bicyclic) bond motifs is 1. The summed E-state index contributed by atoms with van der Waals surface area (Å²) in [6, 6.07) is 10.5. The predicted octanol–water partition coefficient (Wildman–Crippen LogP) is 3.25. The largest absolute Gasteiger partial charge is 0.507 e. The van der Waals surface area contributed by atoms with Crippen LogP contribution in [-0.4, -0.2) is 21.3 Å². The maximum Gasteiger partial charge on any atom is 0.327 e. The van der Waals surface area contributed by atoms with E-state index in [4.69, 9.17) is 5.11 Å². The van der Waals surface area contributed by atoms with E-state index >= 15 is 0 Å². The van der Waals surface area contributed by atoms with Gasteiger partial charge in [0.25, 0.3) is 0 Å². The van der Waals surface area contributed by atoms with Gasteiger partial charge in [-0.25, -0.2) is 4.79 Å². The van der Waals surface area contributed by atoms with Gasteiger partial charge >= 0.3 is 5.97 Å². The van der Waals surface area contributed by atoms with Gasteiger partial charge in [0.1, 0.15) is 5.75 Å². The lowest BCUT2D eigenvalue weighted by Gasteiger charge is -2.28. The van der Waals surface area contributed by atoms with Gasteiger partial charge < -0.3 is 15.3 Å². The van der Waals surface area contributed by atoms with E-state index in [1.807, 2.05) is 18.2 Å². The Balaban J connectivity index is 2.51. The lowest BCUT2D eigenvalue weighted by atomic mass is 9.80. The van der Waals surface area contributed by atoms with Crippen LogP contribution < -0.4 is 0 Å². The minimum Gasteiger partial charge on any atom is -0.507 e. The van der Waals surface area contributed by atoms with Crippen molar-refractivity contribution in [3.63, 3.8) is 0 Å². The van der Waals surface area contributed by atoms with Crippen molar-refractivity contribution in [3.05, 3.63) is 54.1 Å². The van der Waals surface area contributed by atoms with Crippen molar-refractivity contribution in [2.24, 2.45) is 5.41 Å². The SMILES string of the molecule is CC(C)(/C=C/C(=O)O)[C@@H](O)c1ccc(O)c2ccccc12. The van der Waals surface area contributed by atoms with Crippen LogP contribution in [0.3, 0.4) is 0 Å². The van der Waals surface area contributed by atoms with Gasteiger partial charge in [-0.05, 0) is 17.0 Å². The van der Waals surface area contributed by atoms with Gasteiger partial charge in [-0.2, -0.15) is 0 Å². The van der Waals surface area contributed by atoms with Crippen molar-refractivity contribution in [1.29, 1.82) is 0 Å². The second kappa shape index (κ2) is 5.58. The molecule has 0 amide bonds. The zero-order valence-electron chi connectivity index (χ0n) is 11.9. The topological polar surface area (TPSA) is 77.8 Å². The number of hydrogen-bond acceptors (Lipinski definition) is 3. The molecular formula is C17H18O4. The van der Waals surface area contributed by atoms with Crippen molar-refractivity contribution in [2.45, 2.75) is 20.0 Å². The molecule has 0 unspecified atom stereocenters. The zero-order valence-corrected chi connectivity index (χ0v) is 11.9. The monoisotopic (exact) mass is 286 g/mol. The Kier molecular flexibility index (Phi) is 4.00. The number of aliphatic hydroxyl groups is 1. The second-order valence-corrected chi connectivity index (χ2v) is 5.61. The van der Waals surface area contributed by atoms with Gasteiger partial charge in [0.15, 0.2) is 0 Å². The third-order valence-corrected chi connectivity index (χ3v) is 3.59. The molecule has 4 heteroatoms. The predicted molar refractivity (Wildman–Crippen MR) is 81.1 cm³/mol. The Labute approximate surface area is 123 Å². The quantitative estimate of drug-likeness (QED) is 0.754. The van der Waals surface area contributed by atoms with E-state index in [9.17, 15) is 15.0 Å². The fraction of sp³-hybridized carbons (Fsp3) is 0.235. The van der Waals surface area contributed by atoms with Crippen LogP contribution in [0.1, 0.15) is 25.5 Å². The van der Waals surface area contributed by atoms with Crippen LogP contribution >= 0.6 is 0 Å². The van der Waals surface area contributed by atoms with E-state index in [1.54, 1.807) is 26.0 Å². The maximum absolute atomic E-state index is 10.7. The summed E-state index contributed by atoms with van der Waals surface area (Å²) in [5, 5.41) is 30.7. The standard InChI is InChI=1S/C17H18O4/c1-17(2,10-9-15(19)20)16(21)13-7-8-14(18)12-6-4-3-5-11(12)13/h3-10,16,18,21H,1-2H3,(H,19,20)/b10-9+/t16-/m0/s1. The summed E-state index contributed by atoms with van der Waals surface area (Å²) in [7, 11) is 0. The average molecular weight is 286 g/mol. The highest BCUT2D eigenvalue weighted by molar-refractivity contribution is 5.91. The molecule has 21 heavy (non-hydrogen) atoms. The fourth-order valence-electron chi connectivity index (χ4n) is 2.32. The first-order chi connectivity index (χ1) is 9.83. The van der Waals surface area contributed by atoms with E-state index < -0.39 is 17.5 Å². The molecule has 0 aromatic heterocycles. The van der Waals surface area contributed by atoms with Crippen molar-refractivity contribution in [1.82, 2.24) is 0 Å². The Hall–Kier alpha value is -2.33. The Morgan fingerprint density at radius 3 is 2.38 bits per heavy atom. The molecule has 0 fully saturated rings. The molecule has 110 valence electrons. The van der Waals surface area contributed by atoms with Gasteiger partial charge in [0.05, 0.1) is 6.10 Å². The van der Waals surface area contributed by atoms with E-state index in [1.165, 1.54) is 12.1 Å². The van der Waals surface area contributed by atoms with Crippen LogP contribution in [0, 0.1) is 5.41 Å². The molecule has 2 rings (SSSR count). The fourth-order valence-corrected chi connectivity index (χ4v) is 2.32. The molecule has 0 heterocycles. The first kappa shape index (κ1) is 15.1. The number of benzene rings is 2. The number of hydrogen-bond donors (Lipinski definition) is 3. The lowest BCUT2D eigenvalue weighted by molar-refractivity contribution is -0.131. The molecule has 0 bridgehead atoms. The Morgan fingerprint density at radius 1 is 1.14 bits per heavy atom. The number of phenolic OH excluding ortho intramolecular Hbond substituents is 1. The van der Waals surface area contributed by atoms with E-state index in [-0.39, 0.29) is 5.75 Å². The summed E-state index contributed by atoms with van der Waals surface area (Å²) in [5.74, 6) is -0.897. The van der Waals surface area contributed by atoms with E-state index in [0.717, 1.165) is 11.5 Å². The molecule has 2 aromatic rings. The third-order valence-electron chi connectivity index (χ3n) is 3.59. The highest BCUT2D eigenvalue weighted by Gasteiger charge is 2.28. The van der Waals surface area contributed by atoms with Crippen molar-refractivity contribution < 1.29 is 20.1 Å². The normalized spacial score (nSPS) is 13.7. The van der Waals surface area contributed by atoms with Gasteiger partial charge in [0.2, 0.25) is 0 Å². The van der Waals surface area contributed by atoms with Crippen LogP contribution in [0.4, 0.5) is 0 Å². The van der Waals surface area contributed by atoms with Crippen LogP contribution in [0.2, 0.25) is 0 Å². The molecule has 4 nitrogen and oxygen atoms in total. The number of rotatable bonds is 4. The average Bonchev–Trinajstić information content (AvgIpc) is 2.45. The molecule has 2 aromatic carbocycles. The number of carboxylic acid groups (broad SMARTS) is 1. The molecule has 0 radical (unpaired) electrons. The highest BCUT2D eigenvalue weighted by Crippen LogP contribution is 2.39. The number of phenols is 1. The van der Waals surface area contributed by atoms with Crippen molar-refractivity contribution in [3.8, 4) is 5.75 Å². The van der Waals surface area contributed by atoms with Crippen LogP contribution in [0.15, 0.2) is 48.6 Å². The Morgan fingerprint density at radius 2 is 1.76 bits per heavy atom. The van der Waals surface area contributed by atoms with E-state index in [0.29, 0.717) is 10.9 Å². The molecule has 0 aliphatic rings. The first-order valence-corrected chi connectivity index (χ1v) is 6.64. The molecule has 0 saturated carbocycles. The smallest absolute Gasteiger partial charge is 0.327 e. The highest BCUT2D eigenvalue weighted by atomic mass is 16.4. The summed E-state index contributed by atoms with van der Waals surface area (Å²) in [5.41, 5.74) is -0.0959.